The SMILES string of the molecule is CCCSCCCCCCCCCCCCSCCC. The minimum Gasteiger partial charge on any atom is -0.162 e. The maximum Gasteiger partial charge on any atom is -0.00675 e. The number of thioether (sulfide) groups is 2. The summed E-state index contributed by atoms with van der Waals surface area (Å²) in [6.07, 6.45) is 17.3. The van der Waals surface area contributed by atoms with Gasteiger partial charge in [0.25, 0.3) is 0 Å². The molecule has 0 atom stereocenters. The second-order valence-electron chi connectivity index (χ2n) is 5.76. The van der Waals surface area contributed by atoms with Gasteiger partial charge in [-0.05, 0) is 48.7 Å². The van der Waals surface area contributed by atoms with Gasteiger partial charge in [-0.25, -0.2) is 0 Å². The lowest BCUT2D eigenvalue weighted by molar-refractivity contribution is 0.564. The molecule has 0 unspecified atom stereocenters. The smallest absolute Gasteiger partial charge is 0.00675 e. The summed E-state index contributed by atoms with van der Waals surface area (Å²) in [4.78, 5) is 0. The van der Waals surface area contributed by atoms with Gasteiger partial charge in [0.1, 0.15) is 0 Å². The van der Waals surface area contributed by atoms with Gasteiger partial charge in [0, 0.05) is 0 Å². The van der Waals surface area contributed by atoms with E-state index in [0.717, 1.165) is 0 Å². The van der Waals surface area contributed by atoms with E-state index in [2.05, 4.69) is 37.4 Å². The van der Waals surface area contributed by atoms with Crippen LogP contribution in [-0.4, -0.2) is 23.0 Å². The minimum absolute atomic E-state index is 1.34. The first-order valence-electron chi connectivity index (χ1n) is 9.07. The van der Waals surface area contributed by atoms with Crippen molar-refractivity contribution in [2.45, 2.75) is 90.9 Å². The highest BCUT2D eigenvalue weighted by molar-refractivity contribution is 7.99. The fraction of sp³-hybridized carbons (Fsp3) is 1.00. The molecule has 0 spiro atoms. The third kappa shape index (κ3) is 18.7. The molecule has 0 saturated carbocycles. The Morgan fingerprint density at radius 3 is 1.00 bits per heavy atom. The zero-order valence-corrected chi connectivity index (χ0v) is 15.8. The second kappa shape index (κ2) is 19.7. The Hall–Kier alpha value is 0.700. The molecule has 122 valence electrons. The van der Waals surface area contributed by atoms with Crippen molar-refractivity contribution in [2.75, 3.05) is 23.0 Å². The molecule has 0 nitrogen and oxygen atoms in total. The second-order valence-corrected chi connectivity index (χ2v) is 8.21. The molecule has 0 N–H and O–H groups in total. The third-order valence-corrected chi connectivity index (χ3v) is 6.07. The van der Waals surface area contributed by atoms with Crippen LogP contribution in [0.4, 0.5) is 0 Å². The molecule has 0 rings (SSSR count). The van der Waals surface area contributed by atoms with Crippen LogP contribution in [0.3, 0.4) is 0 Å². The number of rotatable bonds is 17. The molecule has 0 aromatic carbocycles. The Kier molecular flexibility index (Phi) is 20.4. The van der Waals surface area contributed by atoms with Crippen LogP contribution in [0.15, 0.2) is 0 Å². The lowest BCUT2D eigenvalue weighted by Crippen LogP contribution is -1.86. The van der Waals surface area contributed by atoms with Crippen LogP contribution in [0.2, 0.25) is 0 Å². The molecular formula is C18H38S2. The Morgan fingerprint density at radius 2 is 0.700 bits per heavy atom. The molecule has 0 bridgehead atoms. The predicted molar refractivity (Wildman–Crippen MR) is 101 cm³/mol. The maximum atomic E-state index is 2.27. The van der Waals surface area contributed by atoms with Crippen molar-refractivity contribution < 1.29 is 0 Å². The largest absolute Gasteiger partial charge is 0.162 e. The molecule has 0 aliphatic heterocycles. The van der Waals surface area contributed by atoms with E-state index in [1.165, 1.54) is 100 Å². The van der Waals surface area contributed by atoms with Crippen molar-refractivity contribution >= 4 is 23.5 Å². The van der Waals surface area contributed by atoms with Gasteiger partial charge in [0.15, 0.2) is 0 Å². The lowest BCUT2D eigenvalue weighted by Gasteiger charge is -2.03. The zero-order chi connectivity index (χ0) is 14.7. The summed E-state index contributed by atoms with van der Waals surface area (Å²) >= 11 is 4.27. The summed E-state index contributed by atoms with van der Waals surface area (Å²) in [6.45, 7) is 4.55. The van der Waals surface area contributed by atoms with E-state index < -0.39 is 0 Å². The first kappa shape index (κ1) is 20.7. The van der Waals surface area contributed by atoms with Crippen molar-refractivity contribution in [3.63, 3.8) is 0 Å². The highest BCUT2D eigenvalue weighted by Crippen LogP contribution is 2.13. The average Bonchev–Trinajstić information content (AvgIpc) is 2.47. The first-order valence-corrected chi connectivity index (χ1v) is 11.4. The fourth-order valence-electron chi connectivity index (χ4n) is 2.32. The first-order chi connectivity index (χ1) is 9.91. The molecule has 0 aliphatic carbocycles. The predicted octanol–water partition coefficient (Wildman–Crippen LogP) is 7.17. The van der Waals surface area contributed by atoms with E-state index in [4.69, 9.17) is 0 Å². The normalized spacial score (nSPS) is 11.1. The summed E-state index contributed by atoms with van der Waals surface area (Å²) in [5.41, 5.74) is 0. The molecule has 0 radical (unpaired) electrons. The Bertz CT molecular complexity index is 141. The van der Waals surface area contributed by atoms with Crippen LogP contribution in [0.5, 0.6) is 0 Å². The van der Waals surface area contributed by atoms with Gasteiger partial charge in [-0.2, -0.15) is 23.5 Å². The molecule has 0 aliphatic rings. The molecule has 0 amide bonds. The van der Waals surface area contributed by atoms with E-state index in [9.17, 15) is 0 Å². The average molecular weight is 319 g/mol. The van der Waals surface area contributed by atoms with Gasteiger partial charge in [-0.3, -0.25) is 0 Å². The maximum absolute atomic E-state index is 2.27. The van der Waals surface area contributed by atoms with Gasteiger partial charge in [0.05, 0.1) is 0 Å². The molecular weight excluding hydrogens is 280 g/mol. The van der Waals surface area contributed by atoms with E-state index in [0.29, 0.717) is 0 Å². The van der Waals surface area contributed by atoms with Crippen LogP contribution in [-0.2, 0) is 0 Å². The molecule has 2 heteroatoms. The van der Waals surface area contributed by atoms with Crippen molar-refractivity contribution in [3.8, 4) is 0 Å². The summed E-state index contributed by atoms with van der Waals surface area (Å²) in [5.74, 6) is 5.50. The fourth-order valence-corrected chi connectivity index (χ4v) is 4.12. The van der Waals surface area contributed by atoms with Gasteiger partial charge in [0.2, 0.25) is 0 Å². The van der Waals surface area contributed by atoms with Crippen molar-refractivity contribution in [1.82, 2.24) is 0 Å². The summed E-state index contributed by atoms with van der Waals surface area (Å²) in [7, 11) is 0. The molecule has 0 aromatic heterocycles. The minimum atomic E-state index is 1.34. The van der Waals surface area contributed by atoms with E-state index in [1.807, 2.05) is 0 Å². The number of unbranched alkanes of at least 4 members (excludes halogenated alkanes) is 9. The van der Waals surface area contributed by atoms with Gasteiger partial charge in [-0.1, -0.05) is 65.2 Å². The van der Waals surface area contributed by atoms with Crippen LogP contribution in [0, 0.1) is 0 Å². The van der Waals surface area contributed by atoms with E-state index in [-0.39, 0.29) is 0 Å². The van der Waals surface area contributed by atoms with Crippen LogP contribution in [0.1, 0.15) is 90.9 Å². The summed E-state index contributed by atoms with van der Waals surface area (Å²) < 4.78 is 0. The van der Waals surface area contributed by atoms with Crippen LogP contribution in [0.25, 0.3) is 0 Å². The highest BCUT2D eigenvalue weighted by atomic mass is 32.2. The Balaban J connectivity index is 2.89. The topological polar surface area (TPSA) is 0 Å². The van der Waals surface area contributed by atoms with Crippen molar-refractivity contribution in [2.24, 2.45) is 0 Å². The van der Waals surface area contributed by atoms with Gasteiger partial charge in [-0.15, -0.1) is 0 Å². The molecule has 0 fully saturated rings. The van der Waals surface area contributed by atoms with Crippen LogP contribution < -0.4 is 0 Å². The summed E-state index contributed by atoms with van der Waals surface area (Å²) in [6, 6.07) is 0. The Labute approximate surface area is 137 Å². The van der Waals surface area contributed by atoms with E-state index >= 15 is 0 Å². The van der Waals surface area contributed by atoms with Crippen molar-refractivity contribution in [1.29, 1.82) is 0 Å². The lowest BCUT2D eigenvalue weighted by atomic mass is 10.1. The molecule has 0 aromatic rings. The molecule has 20 heavy (non-hydrogen) atoms. The Morgan fingerprint density at radius 1 is 0.400 bits per heavy atom. The van der Waals surface area contributed by atoms with Crippen molar-refractivity contribution in [3.05, 3.63) is 0 Å². The summed E-state index contributed by atoms with van der Waals surface area (Å²) in [5, 5.41) is 0. The highest BCUT2D eigenvalue weighted by Gasteiger charge is 1.94. The third-order valence-electron chi connectivity index (χ3n) is 3.52. The zero-order valence-electron chi connectivity index (χ0n) is 14.1. The number of hydrogen-bond donors (Lipinski definition) is 0. The number of hydrogen-bond acceptors (Lipinski definition) is 2. The van der Waals surface area contributed by atoms with Gasteiger partial charge >= 0.3 is 0 Å². The molecule has 0 heterocycles. The quantitative estimate of drug-likeness (QED) is 0.261. The van der Waals surface area contributed by atoms with E-state index in [1.54, 1.807) is 0 Å². The monoisotopic (exact) mass is 318 g/mol. The van der Waals surface area contributed by atoms with Gasteiger partial charge < -0.3 is 0 Å². The molecule has 0 saturated heterocycles. The van der Waals surface area contributed by atoms with Crippen LogP contribution >= 0.6 is 23.5 Å². The standard InChI is InChI=1S/C18H38S2/c1-3-15-19-17-13-11-9-7-5-6-8-10-12-14-18-20-16-4-2/h3-18H2,1-2H3.